The highest BCUT2D eigenvalue weighted by atomic mass is 79.9. The Morgan fingerprint density at radius 2 is 2.00 bits per heavy atom. The first-order chi connectivity index (χ1) is 9.59. The molecule has 20 heavy (non-hydrogen) atoms. The van der Waals surface area contributed by atoms with Gasteiger partial charge in [-0.1, -0.05) is 18.2 Å². The minimum Gasteiger partial charge on any atom is -0.332 e. The molecule has 2 aromatic rings. The quantitative estimate of drug-likeness (QED) is 0.850. The van der Waals surface area contributed by atoms with E-state index in [4.69, 9.17) is 0 Å². The maximum Gasteiger partial charge on any atom is 0.255 e. The van der Waals surface area contributed by atoms with Gasteiger partial charge in [-0.25, -0.2) is 0 Å². The molecule has 0 N–H and O–H groups in total. The second-order valence-corrected chi connectivity index (χ2v) is 5.72. The summed E-state index contributed by atoms with van der Waals surface area (Å²) in [6.07, 6.45) is 3.53. The van der Waals surface area contributed by atoms with E-state index in [-0.39, 0.29) is 11.9 Å². The van der Waals surface area contributed by atoms with Crippen LogP contribution in [0.1, 0.15) is 29.8 Å². The number of carbonyl (C=O) groups is 1. The Bertz CT molecular complexity index is 584. The summed E-state index contributed by atoms with van der Waals surface area (Å²) < 4.78 is 0.821. The molecular formula is C16H17BrN2O. The highest BCUT2D eigenvalue weighted by Gasteiger charge is 2.20. The van der Waals surface area contributed by atoms with Gasteiger partial charge in [-0.3, -0.25) is 9.78 Å². The fourth-order valence-electron chi connectivity index (χ4n) is 1.97. The molecule has 2 rings (SSSR count). The van der Waals surface area contributed by atoms with E-state index >= 15 is 0 Å². The van der Waals surface area contributed by atoms with Crippen LogP contribution in [0.4, 0.5) is 0 Å². The Morgan fingerprint density at radius 1 is 1.25 bits per heavy atom. The summed E-state index contributed by atoms with van der Waals surface area (Å²) in [4.78, 5) is 18.6. The molecule has 0 aliphatic heterocycles. The molecule has 0 aliphatic carbocycles. The highest BCUT2D eigenvalue weighted by Crippen LogP contribution is 2.20. The standard InChI is InChI=1S/C16H17BrN2O/c1-12(2)19(11-13-6-5-9-18-10-13)16(20)14-7-3-4-8-15(14)17/h3-10,12H,11H2,1-2H3. The largest absolute Gasteiger partial charge is 0.332 e. The van der Waals surface area contributed by atoms with Crippen molar-refractivity contribution in [1.82, 2.24) is 9.88 Å². The Morgan fingerprint density at radius 3 is 2.60 bits per heavy atom. The van der Waals surface area contributed by atoms with Gasteiger partial charge in [0, 0.05) is 29.5 Å². The zero-order chi connectivity index (χ0) is 14.5. The lowest BCUT2D eigenvalue weighted by Gasteiger charge is -2.27. The summed E-state index contributed by atoms with van der Waals surface area (Å²) in [6.45, 7) is 4.60. The third kappa shape index (κ3) is 3.45. The minimum absolute atomic E-state index is 0.0244. The van der Waals surface area contributed by atoms with Crippen molar-refractivity contribution < 1.29 is 4.79 Å². The third-order valence-corrected chi connectivity index (χ3v) is 3.76. The lowest BCUT2D eigenvalue weighted by atomic mass is 10.1. The van der Waals surface area contributed by atoms with E-state index in [1.165, 1.54) is 0 Å². The van der Waals surface area contributed by atoms with Gasteiger partial charge in [-0.15, -0.1) is 0 Å². The van der Waals surface area contributed by atoms with E-state index in [0.717, 1.165) is 10.0 Å². The molecule has 0 bridgehead atoms. The van der Waals surface area contributed by atoms with E-state index in [1.807, 2.05) is 55.1 Å². The van der Waals surface area contributed by atoms with Crippen molar-refractivity contribution in [3.8, 4) is 0 Å². The summed E-state index contributed by atoms with van der Waals surface area (Å²) in [7, 11) is 0. The first-order valence-electron chi connectivity index (χ1n) is 6.54. The van der Waals surface area contributed by atoms with Crippen molar-refractivity contribution in [1.29, 1.82) is 0 Å². The summed E-state index contributed by atoms with van der Waals surface area (Å²) in [6, 6.07) is 11.5. The molecule has 4 heteroatoms. The number of hydrogen-bond acceptors (Lipinski definition) is 2. The lowest BCUT2D eigenvalue weighted by Crippen LogP contribution is -2.36. The SMILES string of the molecule is CC(C)N(Cc1cccnc1)C(=O)c1ccccc1Br. The van der Waals surface area contributed by atoms with Gasteiger partial charge in [0.25, 0.3) is 5.91 Å². The summed E-state index contributed by atoms with van der Waals surface area (Å²) >= 11 is 3.44. The predicted molar refractivity (Wildman–Crippen MR) is 83.4 cm³/mol. The molecule has 0 saturated heterocycles. The van der Waals surface area contributed by atoms with Crippen LogP contribution in [-0.2, 0) is 6.54 Å². The number of benzene rings is 1. The van der Waals surface area contributed by atoms with Crippen molar-refractivity contribution in [2.45, 2.75) is 26.4 Å². The molecular weight excluding hydrogens is 316 g/mol. The second kappa shape index (κ2) is 6.66. The van der Waals surface area contributed by atoms with Crippen molar-refractivity contribution in [3.63, 3.8) is 0 Å². The zero-order valence-electron chi connectivity index (χ0n) is 11.6. The Labute approximate surface area is 127 Å². The molecule has 0 radical (unpaired) electrons. The van der Waals surface area contributed by atoms with Crippen molar-refractivity contribution in [3.05, 3.63) is 64.4 Å². The molecule has 0 saturated carbocycles. The summed E-state index contributed by atoms with van der Waals surface area (Å²) in [5.74, 6) is 0.0244. The van der Waals surface area contributed by atoms with Crippen molar-refractivity contribution in [2.24, 2.45) is 0 Å². The first kappa shape index (κ1) is 14.7. The minimum atomic E-state index is 0.0244. The fraction of sp³-hybridized carbons (Fsp3) is 0.250. The fourth-order valence-corrected chi connectivity index (χ4v) is 2.42. The molecule has 1 heterocycles. The van der Waals surface area contributed by atoms with Crippen LogP contribution in [0.25, 0.3) is 0 Å². The van der Waals surface area contributed by atoms with Gasteiger partial charge in [0.2, 0.25) is 0 Å². The second-order valence-electron chi connectivity index (χ2n) is 4.87. The van der Waals surface area contributed by atoms with E-state index in [1.54, 1.807) is 12.4 Å². The molecule has 104 valence electrons. The van der Waals surface area contributed by atoms with Crippen LogP contribution in [0, 0.1) is 0 Å². The maximum atomic E-state index is 12.7. The van der Waals surface area contributed by atoms with Gasteiger partial charge in [0.1, 0.15) is 0 Å². The maximum absolute atomic E-state index is 12.7. The third-order valence-electron chi connectivity index (χ3n) is 3.06. The Kier molecular flexibility index (Phi) is 4.90. The van der Waals surface area contributed by atoms with Gasteiger partial charge in [0.15, 0.2) is 0 Å². The van der Waals surface area contributed by atoms with Gasteiger partial charge in [-0.05, 0) is 53.5 Å². The molecule has 0 fully saturated rings. The van der Waals surface area contributed by atoms with Crippen LogP contribution in [0.3, 0.4) is 0 Å². The molecule has 0 unspecified atom stereocenters. The van der Waals surface area contributed by atoms with Crippen LogP contribution in [0.15, 0.2) is 53.3 Å². The Hall–Kier alpha value is -1.68. The Balaban J connectivity index is 2.25. The van der Waals surface area contributed by atoms with E-state index in [9.17, 15) is 4.79 Å². The number of hydrogen-bond donors (Lipinski definition) is 0. The van der Waals surface area contributed by atoms with E-state index in [0.29, 0.717) is 12.1 Å². The summed E-state index contributed by atoms with van der Waals surface area (Å²) in [5.41, 5.74) is 1.71. The van der Waals surface area contributed by atoms with Gasteiger partial charge in [-0.2, -0.15) is 0 Å². The summed E-state index contributed by atoms with van der Waals surface area (Å²) in [5, 5.41) is 0. The van der Waals surface area contributed by atoms with Crippen LogP contribution in [0.5, 0.6) is 0 Å². The number of carbonyl (C=O) groups excluding carboxylic acids is 1. The van der Waals surface area contributed by atoms with Crippen LogP contribution in [0.2, 0.25) is 0 Å². The van der Waals surface area contributed by atoms with Crippen LogP contribution >= 0.6 is 15.9 Å². The average molecular weight is 333 g/mol. The van der Waals surface area contributed by atoms with Gasteiger partial charge in [0.05, 0.1) is 5.56 Å². The number of amides is 1. The smallest absolute Gasteiger partial charge is 0.255 e. The number of nitrogens with zero attached hydrogens (tertiary/aromatic N) is 2. The molecule has 3 nitrogen and oxygen atoms in total. The topological polar surface area (TPSA) is 33.2 Å². The number of rotatable bonds is 4. The van der Waals surface area contributed by atoms with Gasteiger partial charge >= 0.3 is 0 Å². The average Bonchev–Trinajstić information content (AvgIpc) is 2.45. The molecule has 1 aromatic heterocycles. The van der Waals surface area contributed by atoms with E-state index < -0.39 is 0 Å². The molecule has 1 aromatic carbocycles. The number of aromatic nitrogens is 1. The van der Waals surface area contributed by atoms with Crippen molar-refractivity contribution >= 4 is 21.8 Å². The zero-order valence-corrected chi connectivity index (χ0v) is 13.2. The van der Waals surface area contributed by atoms with Crippen LogP contribution in [-0.4, -0.2) is 21.8 Å². The highest BCUT2D eigenvalue weighted by molar-refractivity contribution is 9.10. The van der Waals surface area contributed by atoms with Crippen molar-refractivity contribution in [2.75, 3.05) is 0 Å². The first-order valence-corrected chi connectivity index (χ1v) is 7.33. The number of halogens is 1. The number of pyridine rings is 1. The van der Waals surface area contributed by atoms with E-state index in [2.05, 4.69) is 20.9 Å². The normalized spacial score (nSPS) is 10.6. The monoisotopic (exact) mass is 332 g/mol. The lowest BCUT2D eigenvalue weighted by molar-refractivity contribution is 0.0689. The molecule has 1 amide bonds. The molecule has 0 atom stereocenters. The predicted octanol–water partition coefficient (Wildman–Crippen LogP) is 3.89. The molecule has 0 aliphatic rings. The molecule has 0 spiro atoms. The van der Waals surface area contributed by atoms with Crippen LogP contribution < -0.4 is 0 Å². The van der Waals surface area contributed by atoms with Gasteiger partial charge < -0.3 is 4.90 Å².